The predicted octanol–water partition coefficient (Wildman–Crippen LogP) is 2.55. The van der Waals surface area contributed by atoms with Gasteiger partial charge in [0.25, 0.3) is 0 Å². The molecular formula is C19H31ClN4O. The number of rotatable bonds is 9. The van der Waals surface area contributed by atoms with E-state index in [1.165, 1.54) is 5.56 Å². The second-order valence-corrected chi connectivity index (χ2v) is 6.60. The Bertz CT molecular complexity index is 518. The van der Waals surface area contributed by atoms with Gasteiger partial charge in [0.2, 0.25) is 0 Å². The molecule has 0 radical (unpaired) electrons. The Hall–Kier alpha value is -1.30. The van der Waals surface area contributed by atoms with Gasteiger partial charge < -0.3 is 15.4 Å². The lowest BCUT2D eigenvalue weighted by atomic mass is 10.1. The van der Waals surface area contributed by atoms with Crippen LogP contribution in [0.4, 0.5) is 0 Å². The van der Waals surface area contributed by atoms with Crippen molar-refractivity contribution in [2.45, 2.75) is 26.2 Å². The van der Waals surface area contributed by atoms with Gasteiger partial charge in [0.05, 0.1) is 13.2 Å². The summed E-state index contributed by atoms with van der Waals surface area (Å²) in [6.07, 6.45) is 3.07. The summed E-state index contributed by atoms with van der Waals surface area (Å²) in [6.45, 7) is 9.65. The molecule has 0 amide bonds. The minimum atomic E-state index is 0.796. The van der Waals surface area contributed by atoms with Gasteiger partial charge in [0, 0.05) is 37.7 Å². The van der Waals surface area contributed by atoms with Crippen molar-refractivity contribution >= 4 is 17.6 Å². The summed E-state index contributed by atoms with van der Waals surface area (Å²) in [5, 5.41) is 7.58. The van der Waals surface area contributed by atoms with Crippen LogP contribution in [-0.4, -0.2) is 63.3 Å². The van der Waals surface area contributed by atoms with E-state index in [0.717, 1.165) is 82.7 Å². The van der Waals surface area contributed by atoms with Crippen LogP contribution in [0.1, 0.15) is 25.3 Å². The number of morpholine rings is 1. The molecule has 1 aromatic rings. The van der Waals surface area contributed by atoms with Gasteiger partial charge in [-0.25, -0.2) is 0 Å². The highest BCUT2D eigenvalue weighted by atomic mass is 35.5. The smallest absolute Gasteiger partial charge is 0.191 e. The van der Waals surface area contributed by atoms with Gasteiger partial charge in [-0.2, -0.15) is 0 Å². The third-order valence-corrected chi connectivity index (χ3v) is 4.59. The fourth-order valence-corrected chi connectivity index (χ4v) is 3.07. The monoisotopic (exact) mass is 366 g/mol. The van der Waals surface area contributed by atoms with Gasteiger partial charge in [-0.05, 0) is 44.4 Å². The van der Waals surface area contributed by atoms with E-state index in [9.17, 15) is 0 Å². The summed E-state index contributed by atoms with van der Waals surface area (Å²) in [7, 11) is 0. The maximum absolute atomic E-state index is 6.19. The number of halogens is 1. The van der Waals surface area contributed by atoms with Crippen LogP contribution in [0.2, 0.25) is 5.02 Å². The second kappa shape index (κ2) is 12.1. The van der Waals surface area contributed by atoms with Crippen LogP contribution in [0.25, 0.3) is 0 Å². The van der Waals surface area contributed by atoms with E-state index in [1.54, 1.807) is 0 Å². The first-order valence-electron chi connectivity index (χ1n) is 9.35. The zero-order valence-corrected chi connectivity index (χ0v) is 16.0. The highest BCUT2D eigenvalue weighted by Gasteiger charge is 2.09. The molecule has 1 aliphatic heterocycles. The number of hydrogen-bond acceptors (Lipinski definition) is 3. The summed E-state index contributed by atoms with van der Waals surface area (Å²) >= 11 is 6.19. The Kier molecular flexibility index (Phi) is 9.70. The van der Waals surface area contributed by atoms with Crippen molar-refractivity contribution in [3.05, 3.63) is 34.9 Å². The lowest BCUT2D eigenvalue weighted by Crippen LogP contribution is -2.40. The van der Waals surface area contributed by atoms with E-state index in [1.807, 2.05) is 18.2 Å². The number of aliphatic imine (C=N–C) groups is 1. The van der Waals surface area contributed by atoms with E-state index in [4.69, 9.17) is 16.3 Å². The number of hydrogen-bond donors (Lipinski definition) is 2. The van der Waals surface area contributed by atoms with Gasteiger partial charge in [-0.15, -0.1) is 0 Å². The van der Waals surface area contributed by atoms with Crippen LogP contribution >= 0.6 is 11.6 Å². The van der Waals surface area contributed by atoms with Crippen molar-refractivity contribution in [3.8, 4) is 0 Å². The Labute approximate surface area is 156 Å². The highest BCUT2D eigenvalue weighted by molar-refractivity contribution is 6.31. The quantitative estimate of drug-likeness (QED) is 0.400. The topological polar surface area (TPSA) is 48.9 Å². The molecule has 2 rings (SSSR count). The zero-order valence-electron chi connectivity index (χ0n) is 15.3. The Balaban J connectivity index is 1.64. The van der Waals surface area contributed by atoms with Gasteiger partial charge in [-0.1, -0.05) is 29.8 Å². The minimum absolute atomic E-state index is 0.796. The number of guanidine groups is 1. The predicted molar refractivity (Wildman–Crippen MR) is 106 cm³/mol. The fraction of sp³-hybridized carbons (Fsp3) is 0.632. The standard InChI is InChI=1S/C19H31ClN4O/c1-2-21-19(23-11-6-12-24-13-15-25-16-14-24)22-10-5-8-17-7-3-4-9-18(17)20/h3-4,7,9H,2,5-6,8,10-16H2,1H3,(H2,21,22,23). The van der Waals surface area contributed by atoms with Crippen LogP contribution in [0, 0.1) is 0 Å². The van der Waals surface area contributed by atoms with Gasteiger partial charge in [-0.3, -0.25) is 9.89 Å². The molecule has 1 fully saturated rings. The number of ether oxygens (including phenoxy) is 1. The Morgan fingerprint density at radius 1 is 1.20 bits per heavy atom. The third-order valence-electron chi connectivity index (χ3n) is 4.22. The summed E-state index contributed by atoms with van der Waals surface area (Å²) in [5.41, 5.74) is 1.20. The number of benzene rings is 1. The molecule has 0 aliphatic carbocycles. The van der Waals surface area contributed by atoms with E-state index >= 15 is 0 Å². The molecule has 0 unspecified atom stereocenters. The third kappa shape index (κ3) is 8.08. The number of nitrogens with one attached hydrogen (secondary N) is 2. The molecule has 1 aliphatic rings. The van der Waals surface area contributed by atoms with E-state index in [-0.39, 0.29) is 0 Å². The molecule has 1 saturated heterocycles. The summed E-state index contributed by atoms with van der Waals surface area (Å²) in [5.74, 6) is 0.906. The van der Waals surface area contributed by atoms with E-state index in [0.29, 0.717) is 0 Å². The first kappa shape index (κ1) is 20.0. The molecule has 140 valence electrons. The molecule has 2 N–H and O–H groups in total. The van der Waals surface area contributed by atoms with Crippen molar-refractivity contribution in [1.29, 1.82) is 0 Å². The lowest BCUT2D eigenvalue weighted by Gasteiger charge is -2.26. The molecule has 0 atom stereocenters. The molecule has 0 bridgehead atoms. The molecule has 0 saturated carbocycles. The summed E-state index contributed by atoms with van der Waals surface area (Å²) in [4.78, 5) is 7.12. The van der Waals surface area contributed by atoms with Gasteiger partial charge in [0.1, 0.15) is 0 Å². The lowest BCUT2D eigenvalue weighted by molar-refractivity contribution is 0.0376. The molecule has 1 heterocycles. The first-order chi connectivity index (χ1) is 12.3. The normalized spacial score (nSPS) is 16.0. The van der Waals surface area contributed by atoms with Crippen LogP contribution in [0.3, 0.4) is 0 Å². The Morgan fingerprint density at radius 2 is 2.00 bits per heavy atom. The molecule has 0 aromatic heterocycles. The number of nitrogens with zero attached hydrogens (tertiary/aromatic N) is 2. The minimum Gasteiger partial charge on any atom is -0.379 e. The molecule has 25 heavy (non-hydrogen) atoms. The maximum Gasteiger partial charge on any atom is 0.191 e. The maximum atomic E-state index is 6.19. The van der Waals surface area contributed by atoms with Gasteiger partial charge >= 0.3 is 0 Å². The second-order valence-electron chi connectivity index (χ2n) is 6.19. The fourth-order valence-electron chi connectivity index (χ4n) is 2.84. The average Bonchev–Trinajstić information content (AvgIpc) is 2.64. The molecular weight excluding hydrogens is 336 g/mol. The summed E-state index contributed by atoms with van der Waals surface area (Å²) < 4.78 is 5.38. The molecule has 6 heteroatoms. The van der Waals surface area contributed by atoms with Crippen LogP contribution in [-0.2, 0) is 11.2 Å². The largest absolute Gasteiger partial charge is 0.379 e. The van der Waals surface area contributed by atoms with E-state index in [2.05, 4.69) is 33.5 Å². The van der Waals surface area contributed by atoms with Crippen LogP contribution < -0.4 is 10.6 Å². The molecule has 5 nitrogen and oxygen atoms in total. The van der Waals surface area contributed by atoms with Crippen molar-refractivity contribution in [1.82, 2.24) is 15.5 Å². The Morgan fingerprint density at radius 3 is 2.76 bits per heavy atom. The average molecular weight is 367 g/mol. The summed E-state index contributed by atoms with van der Waals surface area (Å²) in [6, 6.07) is 8.03. The van der Waals surface area contributed by atoms with Crippen molar-refractivity contribution < 1.29 is 4.74 Å². The van der Waals surface area contributed by atoms with Crippen molar-refractivity contribution in [2.24, 2.45) is 4.99 Å². The van der Waals surface area contributed by atoms with E-state index < -0.39 is 0 Å². The number of aryl methyl sites for hydroxylation is 1. The van der Waals surface area contributed by atoms with Crippen molar-refractivity contribution in [3.63, 3.8) is 0 Å². The van der Waals surface area contributed by atoms with Gasteiger partial charge in [0.15, 0.2) is 5.96 Å². The first-order valence-corrected chi connectivity index (χ1v) is 9.73. The van der Waals surface area contributed by atoms with Crippen molar-refractivity contribution in [2.75, 3.05) is 52.5 Å². The molecule has 0 spiro atoms. The van der Waals surface area contributed by atoms with Crippen LogP contribution in [0.5, 0.6) is 0 Å². The zero-order chi connectivity index (χ0) is 17.7. The highest BCUT2D eigenvalue weighted by Crippen LogP contribution is 2.16. The molecule has 1 aromatic carbocycles. The van der Waals surface area contributed by atoms with Crippen LogP contribution in [0.15, 0.2) is 29.3 Å². The SMILES string of the molecule is CCNC(=NCCCc1ccccc1Cl)NCCCN1CCOCC1.